The molecule has 2 nitrogen and oxygen atoms in total. The molecule has 54 heavy (non-hydrogen) atoms. The average Bonchev–Trinajstić information content (AvgIpc) is 3.63. The second-order valence-electron chi connectivity index (χ2n) is 14.1. The van der Waals surface area contributed by atoms with E-state index < -0.39 is 0 Å². The van der Waals surface area contributed by atoms with E-state index in [1.165, 1.54) is 65.3 Å². The number of hydrogen-bond donors (Lipinski definition) is 0. The summed E-state index contributed by atoms with van der Waals surface area (Å²) in [6.45, 7) is 0. The first-order valence-electron chi connectivity index (χ1n) is 18.5. The summed E-state index contributed by atoms with van der Waals surface area (Å²) in [6.07, 6.45) is 0. The molecule has 0 atom stereocenters. The van der Waals surface area contributed by atoms with Gasteiger partial charge in [0.05, 0.1) is 11.1 Å². The molecular formula is C52H33NO. The van der Waals surface area contributed by atoms with Crippen molar-refractivity contribution in [2.24, 2.45) is 0 Å². The first-order chi connectivity index (χ1) is 26.8. The van der Waals surface area contributed by atoms with Gasteiger partial charge in [-0.2, -0.15) is 0 Å². The first-order valence-corrected chi connectivity index (χ1v) is 18.5. The maximum absolute atomic E-state index is 6.38. The van der Waals surface area contributed by atoms with Crippen LogP contribution in [-0.4, -0.2) is 0 Å². The van der Waals surface area contributed by atoms with Crippen LogP contribution >= 0.6 is 0 Å². The predicted molar refractivity (Wildman–Crippen MR) is 229 cm³/mol. The Labute approximate surface area is 312 Å². The van der Waals surface area contributed by atoms with E-state index in [1.54, 1.807) is 0 Å². The van der Waals surface area contributed by atoms with Gasteiger partial charge in [0, 0.05) is 16.8 Å². The second-order valence-corrected chi connectivity index (χ2v) is 14.1. The quantitative estimate of drug-likeness (QED) is 0.168. The molecule has 252 valence electrons. The average molecular weight is 688 g/mol. The SMILES string of the molecule is c1ccc(-c2ccc(N(c3ccc(-c4cc5ccc6ccccc6c5c5c4ccc4ccccc45)cc3)c3cccc4oc5ccccc5c34)cc2)cc1. The minimum atomic E-state index is 0.874. The van der Waals surface area contributed by atoms with Crippen molar-refractivity contribution in [3.8, 4) is 22.3 Å². The zero-order valence-corrected chi connectivity index (χ0v) is 29.4. The van der Waals surface area contributed by atoms with Gasteiger partial charge in [-0.3, -0.25) is 0 Å². The summed E-state index contributed by atoms with van der Waals surface area (Å²) in [5, 5.41) is 12.4. The molecule has 1 aromatic heterocycles. The van der Waals surface area contributed by atoms with Crippen LogP contribution in [0, 0.1) is 0 Å². The standard InChI is InChI=1S/C52H33NO/c1-2-11-34(12-3-1)35-23-28-40(29-24-35)53(47-18-10-20-49-52(47)45-17-8-9-19-48(45)54-49)41-30-25-38(26-31-41)46-33-39-22-21-36-13-4-6-15-42(36)50(39)51-43-16-7-5-14-37(43)27-32-44(46)51/h1-33H. The van der Waals surface area contributed by atoms with Crippen LogP contribution in [0.2, 0.25) is 0 Å². The highest BCUT2D eigenvalue weighted by molar-refractivity contribution is 6.30. The predicted octanol–water partition coefficient (Wildman–Crippen LogP) is 15.0. The molecule has 0 N–H and O–H groups in total. The van der Waals surface area contributed by atoms with Gasteiger partial charge in [-0.05, 0) is 114 Å². The minimum Gasteiger partial charge on any atom is -0.456 e. The highest BCUT2D eigenvalue weighted by Crippen LogP contribution is 2.45. The van der Waals surface area contributed by atoms with Gasteiger partial charge in [-0.15, -0.1) is 0 Å². The maximum Gasteiger partial charge on any atom is 0.137 e. The topological polar surface area (TPSA) is 16.4 Å². The Morgan fingerprint density at radius 2 is 0.870 bits per heavy atom. The summed E-state index contributed by atoms with van der Waals surface area (Å²) in [4.78, 5) is 2.36. The summed E-state index contributed by atoms with van der Waals surface area (Å²) in [5.41, 5.74) is 9.78. The van der Waals surface area contributed by atoms with Crippen LogP contribution in [0.3, 0.4) is 0 Å². The summed E-state index contributed by atoms with van der Waals surface area (Å²) < 4.78 is 6.38. The number of nitrogens with zero attached hydrogens (tertiary/aromatic N) is 1. The highest BCUT2D eigenvalue weighted by Gasteiger charge is 2.20. The van der Waals surface area contributed by atoms with E-state index in [-0.39, 0.29) is 0 Å². The number of furan rings is 1. The van der Waals surface area contributed by atoms with E-state index in [2.05, 4.69) is 193 Å². The van der Waals surface area contributed by atoms with Crippen LogP contribution < -0.4 is 4.90 Å². The van der Waals surface area contributed by atoms with E-state index in [0.29, 0.717) is 0 Å². The fourth-order valence-electron chi connectivity index (χ4n) is 8.52. The third kappa shape index (κ3) is 4.81. The van der Waals surface area contributed by atoms with Crippen LogP contribution in [0.1, 0.15) is 0 Å². The zero-order valence-electron chi connectivity index (χ0n) is 29.4. The molecule has 0 aliphatic rings. The number of rotatable bonds is 5. The number of para-hydroxylation sites is 1. The highest BCUT2D eigenvalue weighted by atomic mass is 16.3. The van der Waals surface area contributed by atoms with Gasteiger partial charge in [0.2, 0.25) is 0 Å². The van der Waals surface area contributed by atoms with Gasteiger partial charge in [-0.1, -0.05) is 152 Å². The fourth-order valence-corrected chi connectivity index (χ4v) is 8.52. The van der Waals surface area contributed by atoms with E-state index in [9.17, 15) is 0 Å². The fraction of sp³-hybridized carbons (Fsp3) is 0. The molecule has 0 saturated heterocycles. The summed E-state index contributed by atoms with van der Waals surface area (Å²) in [7, 11) is 0. The van der Waals surface area contributed by atoms with Crippen molar-refractivity contribution in [1.29, 1.82) is 0 Å². The van der Waals surface area contributed by atoms with Gasteiger partial charge in [0.15, 0.2) is 0 Å². The number of benzene rings is 10. The summed E-state index contributed by atoms with van der Waals surface area (Å²) in [6, 6.07) is 72.2. The van der Waals surface area contributed by atoms with Crippen LogP contribution in [-0.2, 0) is 0 Å². The van der Waals surface area contributed by atoms with Crippen molar-refractivity contribution in [1.82, 2.24) is 0 Å². The molecule has 0 aliphatic carbocycles. The smallest absolute Gasteiger partial charge is 0.137 e. The lowest BCUT2D eigenvalue weighted by Crippen LogP contribution is -2.10. The number of fused-ring (bicyclic) bond motifs is 10. The molecule has 11 aromatic rings. The van der Waals surface area contributed by atoms with Crippen LogP contribution in [0.5, 0.6) is 0 Å². The zero-order chi connectivity index (χ0) is 35.6. The molecule has 0 saturated carbocycles. The lowest BCUT2D eigenvalue weighted by Gasteiger charge is -2.27. The van der Waals surface area contributed by atoms with Gasteiger partial charge < -0.3 is 9.32 Å². The third-order valence-electron chi connectivity index (χ3n) is 11.0. The van der Waals surface area contributed by atoms with Crippen molar-refractivity contribution in [3.05, 3.63) is 200 Å². The van der Waals surface area contributed by atoms with E-state index >= 15 is 0 Å². The molecule has 1 heterocycles. The molecule has 11 rings (SSSR count). The molecule has 10 aromatic carbocycles. The second kappa shape index (κ2) is 12.2. The molecule has 0 unspecified atom stereocenters. The molecule has 0 radical (unpaired) electrons. The third-order valence-corrected chi connectivity index (χ3v) is 11.0. The Balaban J connectivity index is 1.11. The molecule has 0 bridgehead atoms. The minimum absolute atomic E-state index is 0.874. The molecular weight excluding hydrogens is 655 g/mol. The van der Waals surface area contributed by atoms with Crippen molar-refractivity contribution < 1.29 is 4.42 Å². The summed E-state index contributed by atoms with van der Waals surface area (Å²) in [5.74, 6) is 0. The Morgan fingerprint density at radius 3 is 1.61 bits per heavy atom. The molecule has 0 amide bonds. The Kier molecular flexibility index (Phi) is 6.90. The van der Waals surface area contributed by atoms with Crippen molar-refractivity contribution in [3.63, 3.8) is 0 Å². The maximum atomic E-state index is 6.38. The van der Waals surface area contributed by atoms with Crippen molar-refractivity contribution >= 4 is 82.1 Å². The van der Waals surface area contributed by atoms with Gasteiger partial charge in [0.1, 0.15) is 11.2 Å². The van der Waals surface area contributed by atoms with Gasteiger partial charge in [-0.25, -0.2) is 0 Å². The lowest BCUT2D eigenvalue weighted by molar-refractivity contribution is 0.669. The van der Waals surface area contributed by atoms with Crippen LogP contribution in [0.25, 0.3) is 87.3 Å². The van der Waals surface area contributed by atoms with E-state index in [0.717, 1.165) is 39.0 Å². The first kappa shape index (κ1) is 30.5. The molecule has 0 spiro atoms. The molecule has 0 fully saturated rings. The Morgan fingerprint density at radius 1 is 0.315 bits per heavy atom. The number of hydrogen-bond acceptors (Lipinski definition) is 2. The van der Waals surface area contributed by atoms with E-state index in [1.807, 2.05) is 12.1 Å². The molecule has 0 aliphatic heterocycles. The van der Waals surface area contributed by atoms with Crippen LogP contribution in [0.15, 0.2) is 205 Å². The monoisotopic (exact) mass is 687 g/mol. The largest absolute Gasteiger partial charge is 0.456 e. The van der Waals surface area contributed by atoms with Gasteiger partial charge >= 0.3 is 0 Å². The summed E-state index contributed by atoms with van der Waals surface area (Å²) >= 11 is 0. The molecule has 2 heteroatoms. The lowest BCUT2D eigenvalue weighted by atomic mass is 9.88. The Hall–Kier alpha value is -7.16. The van der Waals surface area contributed by atoms with Gasteiger partial charge in [0.25, 0.3) is 0 Å². The number of anilines is 3. The normalized spacial score (nSPS) is 11.7. The van der Waals surface area contributed by atoms with Crippen LogP contribution in [0.4, 0.5) is 17.1 Å². The van der Waals surface area contributed by atoms with Crippen molar-refractivity contribution in [2.75, 3.05) is 4.90 Å². The van der Waals surface area contributed by atoms with E-state index in [4.69, 9.17) is 4.42 Å². The Bertz CT molecular complexity index is 3190. The van der Waals surface area contributed by atoms with Crippen molar-refractivity contribution in [2.45, 2.75) is 0 Å².